The van der Waals surface area contributed by atoms with E-state index in [1.54, 1.807) is 17.0 Å². The largest absolute Gasteiger partial charge is 0.340 e. The second-order valence-corrected chi connectivity index (χ2v) is 8.26. The number of halogens is 1. The zero-order valence-corrected chi connectivity index (χ0v) is 18.3. The molecule has 0 atom stereocenters. The van der Waals surface area contributed by atoms with E-state index in [1.807, 2.05) is 43.3 Å². The van der Waals surface area contributed by atoms with Gasteiger partial charge in [-0.15, -0.1) is 0 Å². The number of hydrogen-bond donors (Lipinski definition) is 3. The maximum atomic E-state index is 13.0. The summed E-state index contributed by atoms with van der Waals surface area (Å²) in [5.41, 5.74) is 2.83. The quantitative estimate of drug-likeness (QED) is 0.542. The van der Waals surface area contributed by atoms with Crippen molar-refractivity contribution in [2.24, 2.45) is 0 Å². The first kappa shape index (κ1) is 21.9. The van der Waals surface area contributed by atoms with E-state index in [1.165, 1.54) is 4.90 Å². The summed E-state index contributed by atoms with van der Waals surface area (Å²) in [7, 11) is 4.15. The number of carbonyl (C=O) groups excluding carboxylic acids is 1. The molecular weight excluding hydrogens is 400 g/mol. The van der Waals surface area contributed by atoms with E-state index in [4.69, 9.17) is 11.6 Å². The summed E-state index contributed by atoms with van der Waals surface area (Å²) in [6.45, 7) is 3.69. The predicted molar refractivity (Wildman–Crippen MR) is 122 cm³/mol. The lowest BCUT2D eigenvalue weighted by Gasteiger charge is -2.23. The number of benzene rings is 2. The molecule has 0 aliphatic heterocycles. The summed E-state index contributed by atoms with van der Waals surface area (Å²) in [5, 5.41) is 4.30. The van der Waals surface area contributed by atoms with E-state index in [0.717, 1.165) is 29.4 Å². The molecule has 3 aromatic rings. The van der Waals surface area contributed by atoms with Crippen LogP contribution < -0.4 is 15.8 Å². The van der Waals surface area contributed by atoms with E-state index < -0.39 is 0 Å². The zero-order chi connectivity index (χ0) is 21.7. The van der Waals surface area contributed by atoms with E-state index in [-0.39, 0.29) is 18.1 Å². The summed E-state index contributed by atoms with van der Waals surface area (Å²) in [5.74, 6) is 0. The van der Waals surface area contributed by atoms with Crippen LogP contribution in [-0.2, 0) is 6.54 Å². The van der Waals surface area contributed by atoms with Gasteiger partial charge < -0.3 is 20.1 Å². The highest BCUT2D eigenvalue weighted by molar-refractivity contribution is 6.33. The second-order valence-electron chi connectivity index (χ2n) is 7.86. The van der Waals surface area contributed by atoms with Crippen molar-refractivity contribution in [3.63, 3.8) is 0 Å². The van der Waals surface area contributed by atoms with Crippen molar-refractivity contribution in [1.29, 1.82) is 0 Å². The van der Waals surface area contributed by atoms with Gasteiger partial charge in [0.1, 0.15) is 0 Å². The van der Waals surface area contributed by atoms with Crippen LogP contribution in [0.15, 0.2) is 53.3 Å². The number of pyridine rings is 1. The fourth-order valence-electron chi connectivity index (χ4n) is 3.33. The smallest absolute Gasteiger partial charge is 0.322 e. The number of urea groups is 1. The lowest BCUT2D eigenvalue weighted by Crippen LogP contribution is -3.05. The van der Waals surface area contributed by atoms with Crippen molar-refractivity contribution in [3.8, 4) is 0 Å². The summed E-state index contributed by atoms with van der Waals surface area (Å²) in [4.78, 5) is 31.5. The van der Waals surface area contributed by atoms with Crippen molar-refractivity contribution < 1.29 is 9.69 Å². The van der Waals surface area contributed by atoms with Gasteiger partial charge in [0, 0.05) is 24.0 Å². The molecule has 0 saturated heterocycles. The van der Waals surface area contributed by atoms with Crippen molar-refractivity contribution in [1.82, 2.24) is 9.88 Å². The normalized spacial score (nSPS) is 11.1. The highest BCUT2D eigenvalue weighted by Crippen LogP contribution is 2.21. The molecule has 0 spiro atoms. The third kappa shape index (κ3) is 5.62. The first-order valence-electron chi connectivity index (χ1n) is 10.1. The molecule has 30 heavy (non-hydrogen) atoms. The number of carbonyl (C=O) groups is 1. The Bertz CT molecular complexity index is 1090. The number of quaternary nitrogens is 1. The Hall–Kier alpha value is -2.83. The Morgan fingerprint density at radius 2 is 1.93 bits per heavy atom. The first-order valence-corrected chi connectivity index (χ1v) is 10.4. The number of H-pyrrole nitrogens is 1. The molecular formula is C23H28ClN4O2+. The molecule has 7 heteroatoms. The van der Waals surface area contributed by atoms with Crippen LogP contribution in [0.1, 0.15) is 17.5 Å². The van der Waals surface area contributed by atoms with Crippen molar-refractivity contribution >= 4 is 34.2 Å². The topological polar surface area (TPSA) is 69.6 Å². The number of nitrogens with one attached hydrogen (secondary N) is 3. The van der Waals surface area contributed by atoms with Crippen molar-refractivity contribution in [3.05, 3.63) is 75.0 Å². The fourth-order valence-corrected chi connectivity index (χ4v) is 3.51. The Kier molecular flexibility index (Phi) is 7.13. The van der Waals surface area contributed by atoms with Crippen LogP contribution in [0.5, 0.6) is 0 Å². The summed E-state index contributed by atoms with van der Waals surface area (Å²) < 4.78 is 0. The number of aromatic nitrogens is 1. The number of aromatic amines is 1. The first-order chi connectivity index (χ1) is 14.3. The molecule has 0 aliphatic carbocycles. The number of hydrogen-bond acceptors (Lipinski definition) is 2. The van der Waals surface area contributed by atoms with Crippen LogP contribution in [0, 0.1) is 6.92 Å². The molecule has 3 N–H and O–H groups in total. The molecule has 1 heterocycles. The zero-order valence-electron chi connectivity index (χ0n) is 17.6. The minimum Gasteiger partial charge on any atom is -0.340 e. The van der Waals surface area contributed by atoms with Gasteiger partial charge in [0.2, 0.25) is 0 Å². The molecule has 2 amide bonds. The van der Waals surface area contributed by atoms with Crippen LogP contribution in [0.25, 0.3) is 10.9 Å². The van der Waals surface area contributed by atoms with Gasteiger partial charge >= 0.3 is 6.03 Å². The molecule has 158 valence electrons. The number of rotatable bonds is 7. The third-order valence-corrected chi connectivity index (χ3v) is 5.27. The van der Waals surface area contributed by atoms with Gasteiger partial charge in [-0.1, -0.05) is 35.4 Å². The molecule has 0 radical (unpaired) electrons. The van der Waals surface area contributed by atoms with Crippen molar-refractivity contribution in [2.75, 3.05) is 32.5 Å². The van der Waals surface area contributed by atoms with Crippen LogP contribution in [0.4, 0.5) is 10.5 Å². The van der Waals surface area contributed by atoms with E-state index in [9.17, 15) is 9.59 Å². The van der Waals surface area contributed by atoms with Crippen LogP contribution in [0.2, 0.25) is 5.02 Å². The molecule has 0 aliphatic rings. The number of anilines is 1. The standard InChI is InChI=1S/C23H27ClN4O2/c1-16-9-10-20-17(13-16)14-18(22(29)25-20)15-28(12-6-11-27(2)3)23(30)26-21-8-5-4-7-19(21)24/h4-5,7-10,13-14H,6,11-12,15H2,1-3H3,(H,25,29)(H,26,30)/p+1. The minimum absolute atomic E-state index is 0.180. The second kappa shape index (κ2) is 9.78. The molecule has 0 bridgehead atoms. The number of amides is 2. The average molecular weight is 428 g/mol. The third-order valence-electron chi connectivity index (χ3n) is 4.95. The number of fused-ring (bicyclic) bond motifs is 1. The fraction of sp³-hybridized carbons (Fsp3) is 0.304. The van der Waals surface area contributed by atoms with Gasteiger partial charge in [0.25, 0.3) is 5.56 Å². The lowest BCUT2D eigenvalue weighted by atomic mass is 10.1. The SMILES string of the molecule is Cc1ccc2[nH]c(=O)c(CN(CCC[NH+](C)C)C(=O)Nc3ccccc3Cl)cc2c1. The summed E-state index contributed by atoms with van der Waals surface area (Å²) >= 11 is 6.19. The molecule has 0 unspecified atom stereocenters. The highest BCUT2D eigenvalue weighted by atomic mass is 35.5. The van der Waals surface area contributed by atoms with Gasteiger partial charge in [0.05, 0.1) is 37.9 Å². The van der Waals surface area contributed by atoms with Gasteiger partial charge in [-0.05, 0) is 42.6 Å². The minimum atomic E-state index is -0.277. The summed E-state index contributed by atoms with van der Waals surface area (Å²) in [6, 6.07) is 14.6. The molecule has 0 saturated carbocycles. The Morgan fingerprint density at radius 1 is 1.17 bits per heavy atom. The van der Waals surface area contributed by atoms with Crippen LogP contribution >= 0.6 is 11.6 Å². The predicted octanol–water partition coefficient (Wildman–Crippen LogP) is 3.06. The lowest BCUT2D eigenvalue weighted by molar-refractivity contribution is -0.858. The van der Waals surface area contributed by atoms with E-state index in [2.05, 4.69) is 24.4 Å². The average Bonchev–Trinajstić information content (AvgIpc) is 2.69. The van der Waals surface area contributed by atoms with Crippen LogP contribution in [0.3, 0.4) is 0 Å². The van der Waals surface area contributed by atoms with Gasteiger partial charge in [-0.25, -0.2) is 4.79 Å². The Balaban J connectivity index is 1.85. The van der Waals surface area contributed by atoms with Gasteiger partial charge in [-0.2, -0.15) is 0 Å². The molecule has 0 fully saturated rings. The summed E-state index contributed by atoms with van der Waals surface area (Å²) in [6.07, 6.45) is 0.822. The van der Waals surface area contributed by atoms with E-state index in [0.29, 0.717) is 22.8 Å². The molecule has 2 aromatic carbocycles. The van der Waals surface area contributed by atoms with Crippen molar-refractivity contribution in [2.45, 2.75) is 19.9 Å². The number of para-hydroxylation sites is 1. The maximum absolute atomic E-state index is 13.0. The van der Waals surface area contributed by atoms with Crippen LogP contribution in [-0.4, -0.2) is 43.1 Å². The van der Waals surface area contributed by atoms with Gasteiger partial charge in [-0.3, -0.25) is 4.79 Å². The molecule has 1 aromatic heterocycles. The number of nitrogens with zero attached hydrogens (tertiary/aromatic N) is 1. The number of aryl methyl sites for hydroxylation is 1. The Morgan fingerprint density at radius 3 is 2.67 bits per heavy atom. The maximum Gasteiger partial charge on any atom is 0.322 e. The monoisotopic (exact) mass is 427 g/mol. The molecule has 3 rings (SSSR count). The molecule has 6 nitrogen and oxygen atoms in total. The van der Waals surface area contributed by atoms with E-state index >= 15 is 0 Å². The Labute approximate surface area is 181 Å². The van der Waals surface area contributed by atoms with Gasteiger partial charge in [0.15, 0.2) is 0 Å². The highest BCUT2D eigenvalue weighted by Gasteiger charge is 2.17.